The molecule has 0 fully saturated rings. The van der Waals surface area contributed by atoms with Gasteiger partial charge in [0, 0.05) is 17.9 Å². The quantitative estimate of drug-likeness (QED) is 0.355. The maximum absolute atomic E-state index is 13.8. The molecular formula is C20H18F4N6O2. The molecule has 8 nitrogen and oxygen atoms in total. The Hall–Kier alpha value is -4.09. The monoisotopic (exact) mass is 450 g/mol. The topological polar surface area (TPSA) is 125 Å². The zero-order valence-electron chi connectivity index (χ0n) is 16.5. The highest BCUT2D eigenvalue weighted by molar-refractivity contribution is 6.00. The average Bonchev–Trinajstić information content (AvgIpc) is 3.17. The number of nitrogens with two attached hydrogens (primary N) is 1. The fourth-order valence-electron chi connectivity index (χ4n) is 2.87. The van der Waals surface area contributed by atoms with Crippen molar-refractivity contribution in [3.63, 3.8) is 0 Å². The number of carbonyl (C=O) groups excluding carboxylic acids is 2. The highest BCUT2D eigenvalue weighted by Gasteiger charge is 2.31. The molecule has 1 heterocycles. The van der Waals surface area contributed by atoms with Crippen LogP contribution in [-0.4, -0.2) is 22.1 Å². The van der Waals surface area contributed by atoms with Gasteiger partial charge >= 0.3 is 12.2 Å². The van der Waals surface area contributed by atoms with Gasteiger partial charge in [0.1, 0.15) is 5.82 Å². The van der Waals surface area contributed by atoms with Crippen LogP contribution in [-0.2, 0) is 6.18 Å². The van der Waals surface area contributed by atoms with Crippen molar-refractivity contribution in [2.75, 3.05) is 16.0 Å². The predicted molar refractivity (Wildman–Crippen MR) is 110 cm³/mol. The summed E-state index contributed by atoms with van der Waals surface area (Å²) in [6.07, 6.45) is -3.21. The number of amides is 3. The molecule has 32 heavy (non-hydrogen) atoms. The van der Waals surface area contributed by atoms with Gasteiger partial charge in [0.05, 0.1) is 16.9 Å². The minimum absolute atomic E-state index is 0.0358. The zero-order valence-corrected chi connectivity index (χ0v) is 16.5. The van der Waals surface area contributed by atoms with Crippen LogP contribution in [0.4, 0.5) is 39.4 Å². The van der Waals surface area contributed by atoms with Crippen molar-refractivity contribution in [3.05, 3.63) is 71.3 Å². The molecule has 1 aromatic heterocycles. The van der Waals surface area contributed by atoms with Crippen LogP contribution in [0.25, 0.3) is 0 Å². The molecular weight excluding hydrogens is 432 g/mol. The Labute approximate surface area is 179 Å². The van der Waals surface area contributed by atoms with E-state index in [0.717, 1.165) is 0 Å². The number of nitrogens with one attached hydrogen (secondary N) is 4. The molecule has 2 aromatic carbocycles. The van der Waals surface area contributed by atoms with E-state index in [2.05, 4.69) is 26.1 Å². The summed E-state index contributed by atoms with van der Waals surface area (Å²) in [7, 11) is 0. The number of anilines is 3. The van der Waals surface area contributed by atoms with Gasteiger partial charge in [0.15, 0.2) is 5.69 Å². The molecule has 0 saturated heterocycles. The lowest BCUT2D eigenvalue weighted by molar-refractivity contribution is -0.137. The van der Waals surface area contributed by atoms with E-state index in [9.17, 15) is 27.2 Å². The van der Waals surface area contributed by atoms with Crippen LogP contribution in [0.3, 0.4) is 0 Å². The summed E-state index contributed by atoms with van der Waals surface area (Å²) in [5, 5.41) is 13.9. The Morgan fingerprint density at radius 1 is 1.09 bits per heavy atom. The molecule has 3 amide bonds. The van der Waals surface area contributed by atoms with Gasteiger partial charge in [-0.15, -0.1) is 0 Å². The second-order valence-corrected chi connectivity index (χ2v) is 6.77. The third kappa shape index (κ3) is 5.33. The van der Waals surface area contributed by atoms with E-state index in [4.69, 9.17) is 5.73 Å². The summed E-state index contributed by atoms with van der Waals surface area (Å²) < 4.78 is 52.3. The van der Waals surface area contributed by atoms with E-state index in [-0.39, 0.29) is 11.7 Å². The number of hydrogen-bond acceptors (Lipinski definition) is 4. The van der Waals surface area contributed by atoms with Gasteiger partial charge in [-0.1, -0.05) is 12.1 Å². The first-order valence-electron chi connectivity index (χ1n) is 9.19. The number of nitrogens with zero attached hydrogens (tertiary/aromatic N) is 1. The number of aromatic amines is 1. The van der Waals surface area contributed by atoms with Gasteiger partial charge in [-0.05, 0) is 42.8 Å². The van der Waals surface area contributed by atoms with E-state index >= 15 is 0 Å². The van der Waals surface area contributed by atoms with Gasteiger partial charge < -0.3 is 21.7 Å². The summed E-state index contributed by atoms with van der Waals surface area (Å²) in [5.41, 5.74) is 4.99. The molecule has 0 aliphatic rings. The van der Waals surface area contributed by atoms with Crippen molar-refractivity contribution in [1.29, 1.82) is 0 Å². The second-order valence-electron chi connectivity index (χ2n) is 6.77. The Balaban J connectivity index is 1.70. The molecule has 0 radical (unpaired) electrons. The first-order chi connectivity index (χ1) is 15.0. The van der Waals surface area contributed by atoms with Gasteiger partial charge in [0.25, 0.3) is 5.91 Å². The number of rotatable bonds is 6. The third-order valence-electron chi connectivity index (χ3n) is 4.43. The summed E-state index contributed by atoms with van der Waals surface area (Å²) in [4.78, 5) is 23.6. The molecule has 168 valence electrons. The summed E-state index contributed by atoms with van der Waals surface area (Å²) in [5.74, 6) is -1.72. The highest BCUT2D eigenvalue weighted by Crippen LogP contribution is 2.32. The lowest BCUT2D eigenvalue weighted by Gasteiger charge is -2.16. The standard InChI is InChI=1S/C20H18F4N6O2/c1-10(27-16-9-26-30-17(16)18(25)31)11-3-2-4-13(7-11)28-19(32)29-15-8-12(20(22,23)24)5-6-14(15)21/h2-10,27H,1H3,(H2,25,31)(H,26,30)(H2,28,29,32). The molecule has 3 aromatic rings. The molecule has 1 unspecified atom stereocenters. The molecule has 6 N–H and O–H groups in total. The first kappa shape index (κ1) is 22.6. The Kier molecular flexibility index (Phi) is 6.32. The van der Waals surface area contributed by atoms with E-state index in [1.165, 1.54) is 6.20 Å². The Morgan fingerprint density at radius 2 is 1.84 bits per heavy atom. The maximum atomic E-state index is 13.8. The largest absolute Gasteiger partial charge is 0.416 e. The molecule has 12 heteroatoms. The Morgan fingerprint density at radius 3 is 2.53 bits per heavy atom. The number of urea groups is 1. The summed E-state index contributed by atoms with van der Waals surface area (Å²) in [6.45, 7) is 1.79. The van der Waals surface area contributed by atoms with E-state index < -0.39 is 35.2 Å². The maximum Gasteiger partial charge on any atom is 0.416 e. The number of hydrogen-bond donors (Lipinski definition) is 5. The SMILES string of the molecule is CC(Nc1c[nH]nc1C(N)=O)c1cccc(NC(=O)Nc2cc(C(F)(F)F)ccc2F)c1. The van der Waals surface area contributed by atoms with Crippen molar-refractivity contribution in [2.24, 2.45) is 5.73 Å². The molecule has 0 saturated carbocycles. The molecule has 0 aliphatic carbocycles. The van der Waals surface area contributed by atoms with Crippen LogP contribution in [0.5, 0.6) is 0 Å². The zero-order chi connectivity index (χ0) is 23.5. The molecule has 1 atom stereocenters. The van der Waals surface area contributed by atoms with E-state index in [0.29, 0.717) is 35.1 Å². The minimum atomic E-state index is -4.68. The van der Waals surface area contributed by atoms with Crippen LogP contribution in [0.1, 0.15) is 34.6 Å². The van der Waals surface area contributed by atoms with Crippen molar-refractivity contribution < 1.29 is 27.2 Å². The average molecular weight is 450 g/mol. The van der Waals surface area contributed by atoms with Gasteiger partial charge in [-0.2, -0.15) is 18.3 Å². The predicted octanol–water partition coefficient (Wildman–Crippen LogP) is 4.48. The molecule has 0 bridgehead atoms. The number of halogens is 4. The number of alkyl halides is 3. The van der Waals surface area contributed by atoms with Crippen molar-refractivity contribution in [2.45, 2.75) is 19.1 Å². The van der Waals surface area contributed by atoms with Gasteiger partial charge in [-0.3, -0.25) is 9.89 Å². The lowest BCUT2D eigenvalue weighted by atomic mass is 10.1. The van der Waals surface area contributed by atoms with Crippen LogP contribution in [0.15, 0.2) is 48.7 Å². The molecule has 0 spiro atoms. The summed E-state index contributed by atoms with van der Waals surface area (Å²) >= 11 is 0. The highest BCUT2D eigenvalue weighted by atomic mass is 19.4. The number of aromatic nitrogens is 2. The van der Waals surface area contributed by atoms with Gasteiger partial charge in [0.2, 0.25) is 0 Å². The van der Waals surface area contributed by atoms with Crippen LogP contribution in [0, 0.1) is 5.82 Å². The number of benzene rings is 2. The van der Waals surface area contributed by atoms with Crippen molar-refractivity contribution >= 4 is 29.0 Å². The van der Waals surface area contributed by atoms with Crippen molar-refractivity contribution in [1.82, 2.24) is 10.2 Å². The molecule has 0 aliphatic heterocycles. The lowest BCUT2D eigenvalue weighted by Crippen LogP contribution is -2.21. The fraction of sp³-hybridized carbons (Fsp3) is 0.150. The normalized spacial score (nSPS) is 12.2. The number of carbonyl (C=O) groups is 2. The second kappa shape index (κ2) is 8.96. The third-order valence-corrected chi connectivity index (χ3v) is 4.43. The minimum Gasteiger partial charge on any atom is -0.375 e. The number of primary amides is 1. The first-order valence-corrected chi connectivity index (χ1v) is 9.19. The van der Waals surface area contributed by atoms with E-state index in [1.54, 1.807) is 31.2 Å². The Bertz CT molecular complexity index is 1150. The fourth-order valence-corrected chi connectivity index (χ4v) is 2.87. The molecule has 3 rings (SSSR count). The smallest absolute Gasteiger partial charge is 0.375 e. The van der Waals surface area contributed by atoms with Gasteiger partial charge in [-0.25, -0.2) is 9.18 Å². The van der Waals surface area contributed by atoms with Crippen LogP contribution >= 0.6 is 0 Å². The number of H-pyrrole nitrogens is 1. The van der Waals surface area contributed by atoms with Crippen molar-refractivity contribution in [3.8, 4) is 0 Å². The van der Waals surface area contributed by atoms with Crippen LogP contribution < -0.4 is 21.7 Å². The summed E-state index contributed by atoms with van der Waals surface area (Å²) in [6, 6.07) is 6.99. The van der Waals surface area contributed by atoms with E-state index in [1.807, 2.05) is 0 Å². The van der Waals surface area contributed by atoms with Crippen LogP contribution in [0.2, 0.25) is 0 Å².